The van der Waals surface area contributed by atoms with Crippen LogP contribution < -0.4 is 10.5 Å². The van der Waals surface area contributed by atoms with Gasteiger partial charge in [0.15, 0.2) is 16.7 Å². The van der Waals surface area contributed by atoms with E-state index in [0.29, 0.717) is 24.8 Å². The molecule has 0 radical (unpaired) electrons. The van der Waals surface area contributed by atoms with E-state index < -0.39 is 0 Å². The molecule has 28 heavy (non-hydrogen) atoms. The van der Waals surface area contributed by atoms with Crippen molar-refractivity contribution in [3.8, 4) is 5.75 Å². The molecule has 1 amide bonds. The summed E-state index contributed by atoms with van der Waals surface area (Å²) in [6.07, 6.45) is 2.83. The topological polar surface area (TPSA) is 71.7 Å². The second kappa shape index (κ2) is 8.05. The minimum absolute atomic E-state index is 0.153. The minimum Gasteiger partial charge on any atom is -0.494 e. The van der Waals surface area contributed by atoms with E-state index in [0.717, 1.165) is 43.6 Å². The molecule has 1 unspecified atom stereocenters. The zero-order valence-corrected chi connectivity index (χ0v) is 16.8. The molecular formula is C20H25FN4O2S. The molecule has 0 bridgehead atoms. The number of rotatable bonds is 4. The van der Waals surface area contributed by atoms with E-state index in [-0.39, 0.29) is 23.4 Å². The monoisotopic (exact) mass is 404 g/mol. The van der Waals surface area contributed by atoms with Crippen LogP contribution in [0.5, 0.6) is 5.75 Å². The highest BCUT2D eigenvalue weighted by Crippen LogP contribution is 2.37. The molecule has 6 nitrogen and oxygen atoms in total. The predicted molar refractivity (Wildman–Crippen MR) is 107 cm³/mol. The fourth-order valence-electron chi connectivity index (χ4n) is 4.09. The zero-order valence-electron chi connectivity index (χ0n) is 16.0. The molecule has 0 saturated carbocycles. The van der Waals surface area contributed by atoms with Crippen LogP contribution in [0.4, 0.5) is 9.52 Å². The molecule has 2 aromatic rings. The maximum Gasteiger partial charge on any atom is 0.231 e. The van der Waals surface area contributed by atoms with Crippen molar-refractivity contribution >= 4 is 22.4 Å². The van der Waals surface area contributed by atoms with Gasteiger partial charge in [0.2, 0.25) is 5.91 Å². The lowest BCUT2D eigenvalue weighted by molar-refractivity contribution is -0.135. The first-order valence-electron chi connectivity index (χ1n) is 9.64. The summed E-state index contributed by atoms with van der Waals surface area (Å²) >= 11 is 1.51. The Morgan fingerprint density at radius 2 is 2.14 bits per heavy atom. The molecule has 4 rings (SSSR count). The van der Waals surface area contributed by atoms with E-state index in [1.807, 2.05) is 11.0 Å². The van der Waals surface area contributed by atoms with Crippen LogP contribution in [0.15, 0.2) is 18.2 Å². The maximum atomic E-state index is 13.9. The molecule has 8 heteroatoms. The number of ether oxygens (including phenoxy) is 1. The number of hydrogen-bond donors (Lipinski definition) is 1. The molecule has 1 aliphatic heterocycles. The number of aromatic nitrogens is 1. The average molecular weight is 405 g/mol. The smallest absolute Gasteiger partial charge is 0.231 e. The molecule has 2 heterocycles. The van der Waals surface area contributed by atoms with Crippen molar-refractivity contribution in [1.82, 2.24) is 14.8 Å². The van der Waals surface area contributed by atoms with Gasteiger partial charge >= 0.3 is 0 Å². The molecule has 1 aromatic heterocycles. The van der Waals surface area contributed by atoms with Crippen LogP contribution in [0, 0.1) is 5.82 Å². The Morgan fingerprint density at radius 1 is 1.36 bits per heavy atom. The molecule has 0 spiro atoms. The molecule has 1 saturated heterocycles. The number of benzene rings is 1. The number of carbonyl (C=O) groups is 1. The number of anilines is 1. The Morgan fingerprint density at radius 3 is 2.86 bits per heavy atom. The normalized spacial score (nSPS) is 20.1. The number of carbonyl (C=O) groups excluding carboxylic acids is 1. The van der Waals surface area contributed by atoms with Crippen molar-refractivity contribution in [2.75, 3.05) is 39.0 Å². The lowest BCUT2D eigenvalue weighted by Crippen LogP contribution is -2.49. The second-order valence-corrected chi connectivity index (χ2v) is 8.49. The van der Waals surface area contributed by atoms with Crippen molar-refractivity contribution in [1.29, 1.82) is 0 Å². The quantitative estimate of drug-likeness (QED) is 0.848. The van der Waals surface area contributed by atoms with Gasteiger partial charge < -0.3 is 15.4 Å². The summed E-state index contributed by atoms with van der Waals surface area (Å²) in [5.74, 6) is -0.0703. The van der Waals surface area contributed by atoms with E-state index in [9.17, 15) is 9.18 Å². The Labute approximate surface area is 168 Å². The van der Waals surface area contributed by atoms with Crippen molar-refractivity contribution in [2.45, 2.75) is 31.7 Å². The Bertz CT molecular complexity index is 864. The lowest BCUT2D eigenvalue weighted by atomic mass is 9.89. The first-order chi connectivity index (χ1) is 13.5. The Kier molecular flexibility index (Phi) is 5.50. The number of amides is 1. The van der Waals surface area contributed by atoms with Gasteiger partial charge in [0.1, 0.15) is 0 Å². The molecular weight excluding hydrogens is 379 g/mol. The molecule has 1 atom stereocenters. The highest BCUT2D eigenvalue weighted by atomic mass is 32.1. The molecule has 150 valence electrons. The standard InChI is InChI=1S/C20H25FN4O2S/c1-27-16-6-5-13(11-15(16)21)12-24-7-9-25(10-8-24)19(26)14-3-2-4-17-18(14)23-20(22)28-17/h5-6,11,14H,2-4,7-10,12H2,1H3,(H2,22,23). The van der Waals surface area contributed by atoms with Crippen LogP contribution in [0.3, 0.4) is 0 Å². The summed E-state index contributed by atoms with van der Waals surface area (Å²) in [6.45, 7) is 3.58. The van der Waals surface area contributed by atoms with Gasteiger partial charge in [-0.1, -0.05) is 6.07 Å². The van der Waals surface area contributed by atoms with E-state index >= 15 is 0 Å². The SMILES string of the molecule is COc1ccc(CN2CCN(C(=O)C3CCCc4sc(N)nc43)CC2)cc1F. The summed E-state index contributed by atoms with van der Waals surface area (Å²) in [5, 5.41) is 0.557. The highest BCUT2D eigenvalue weighted by Gasteiger charge is 2.34. The lowest BCUT2D eigenvalue weighted by Gasteiger charge is -2.37. The number of halogens is 1. The van der Waals surface area contributed by atoms with Crippen molar-refractivity contribution < 1.29 is 13.9 Å². The van der Waals surface area contributed by atoms with Gasteiger partial charge in [-0.25, -0.2) is 9.37 Å². The molecule has 1 aliphatic carbocycles. The summed E-state index contributed by atoms with van der Waals surface area (Å²) in [4.78, 5) is 22.9. The molecule has 2 N–H and O–H groups in total. The molecule has 1 aromatic carbocycles. The van der Waals surface area contributed by atoms with Gasteiger partial charge in [0, 0.05) is 37.6 Å². The van der Waals surface area contributed by atoms with E-state index in [2.05, 4.69) is 9.88 Å². The van der Waals surface area contributed by atoms with Crippen molar-refractivity contribution in [2.24, 2.45) is 0 Å². The van der Waals surface area contributed by atoms with Gasteiger partial charge in [-0.05, 0) is 37.0 Å². The number of aryl methyl sites for hydroxylation is 1. The third-order valence-corrected chi connectivity index (χ3v) is 6.54. The van der Waals surface area contributed by atoms with E-state index in [1.165, 1.54) is 29.4 Å². The number of nitrogens with zero attached hydrogens (tertiary/aromatic N) is 3. The zero-order chi connectivity index (χ0) is 19.7. The van der Waals surface area contributed by atoms with Crippen LogP contribution in [0.25, 0.3) is 0 Å². The largest absolute Gasteiger partial charge is 0.494 e. The van der Waals surface area contributed by atoms with Crippen LogP contribution in [-0.2, 0) is 17.8 Å². The first kappa shape index (κ1) is 19.1. The van der Waals surface area contributed by atoms with Crippen molar-refractivity contribution in [3.05, 3.63) is 40.2 Å². The Hall–Kier alpha value is -2.19. The highest BCUT2D eigenvalue weighted by molar-refractivity contribution is 7.15. The number of fused-ring (bicyclic) bond motifs is 1. The van der Waals surface area contributed by atoms with Gasteiger partial charge in [0.05, 0.1) is 18.7 Å². The minimum atomic E-state index is -0.343. The summed E-state index contributed by atoms with van der Waals surface area (Å²) < 4.78 is 18.9. The van der Waals surface area contributed by atoms with Gasteiger partial charge in [-0.2, -0.15) is 0 Å². The van der Waals surface area contributed by atoms with Crippen molar-refractivity contribution in [3.63, 3.8) is 0 Å². The second-order valence-electron chi connectivity index (χ2n) is 7.38. The van der Waals surface area contributed by atoms with E-state index in [1.54, 1.807) is 6.07 Å². The van der Waals surface area contributed by atoms with E-state index in [4.69, 9.17) is 10.5 Å². The fraction of sp³-hybridized carbons (Fsp3) is 0.500. The molecule has 2 aliphatic rings. The fourth-order valence-corrected chi connectivity index (χ4v) is 5.03. The number of hydrogen-bond acceptors (Lipinski definition) is 6. The van der Waals surface area contributed by atoms with Crippen LogP contribution in [-0.4, -0.2) is 54.0 Å². The number of nitrogens with two attached hydrogens (primary N) is 1. The average Bonchev–Trinajstić information content (AvgIpc) is 3.08. The summed E-state index contributed by atoms with van der Waals surface area (Å²) in [7, 11) is 1.46. The van der Waals surface area contributed by atoms with Gasteiger partial charge in [-0.3, -0.25) is 9.69 Å². The number of nitrogen functional groups attached to an aromatic ring is 1. The van der Waals surface area contributed by atoms with Crippen LogP contribution in [0.1, 0.15) is 34.9 Å². The third kappa shape index (κ3) is 3.84. The molecule has 1 fully saturated rings. The summed E-state index contributed by atoms with van der Waals surface area (Å²) in [6, 6.07) is 5.06. The first-order valence-corrected chi connectivity index (χ1v) is 10.5. The number of piperazine rings is 1. The summed E-state index contributed by atoms with van der Waals surface area (Å²) in [5.41, 5.74) is 7.67. The Balaban J connectivity index is 1.35. The van der Waals surface area contributed by atoms with Crippen LogP contribution in [0.2, 0.25) is 0 Å². The van der Waals surface area contributed by atoms with Gasteiger partial charge in [-0.15, -0.1) is 11.3 Å². The van der Waals surface area contributed by atoms with Gasteiger partial charge in [0.25, 0.3) is 0 Å². The third-order valence-electron chi connectivity index (χ3n) is 5.58. The number of methoxy groups -OCH3 is 1. The number of thiazole rings is 1. The maximum absolute atomic E-state index is 13.9. The van der Waals surface area contributed by atoms with Crippen LogP contribution >= 0.6 is 11.3 Å². The predicted octanol–water partition coefficient (Wildman–Crippen LogP) is 2.64.